The number of aliphatic hydroxyl groups excluding tert-OH is 1. The normalized spacial score (nSPS) is 12.3. The molecule has 0 aliphatic rings. The first kappa shape index (κ1) is 12.1. The number of hydrogen-bond donors (Lipinski definition) is 2. The molecule has 3 N–H and O–H groups in total. The Morgan fingerprint density at radius 1 is 1.40 bits per heavy atom. The zero-order chi connectivity index (χ0) is 11.4. The topological polar surface area (TPSA) is 64.7 Å². The first-order valence-corrected chi connectivity index (χ1v) is 4.79. The fourth-order valence-electron chi connectivity index (χ4n) is 1.33. The quantitative estimate of drug-likeness (QED) is 0.821. The summed E-state index contributed by atoms with van der Waals surface area (Å²) in [4.78, 5) is 0. The lowest BCUT2D eigenvalue weighted by Gasteiger charge is -2.16. The number of rotatable bonds is 4. The van der Waals surface area contributed by atoms with Crippen LogP contribution in [0.5, 0.6) is 11.5 Å². The number of aliphatic hydroxyl groups is 1. The molecule has 0 fully saturated rings. The molecule has 1 atom stereocenters. The molecule has 0 bridgehead atoms. The predicted octanol–water partition coefficient (Wildman–Crippen LogP) is 1.35. The van der Waals surface area contributed by atoms with Crippen LogP contribution in [0.3, 0.4) is 0 Å². The van der Waals surface area contributed by atoms with Crippen LogP contribution in [0.1, 0.15) is 11.6 Å². The molecule has 0 saturated carbocycles. The number of benzene rings is 1. The summed E-state index contributed by atoms with van der Waals surface area (Å²) in [5.41, 5.74) is 6.35. The van der Waals surface area contributed by atoms with Gasteiger partial charge in [0.25, 0.3) is 0 Å². The second-order valence-electron chi connectivity index (χ2n) is 3.02. The summed E-state index contributed by atoms with van der Waals surface area (Å²) in [6.07, 6.45) is 0. The van der Waals surface area contributed by atoms with Crippen molar-refractivity contribution >= 4 is 11.6 Å². The zero-order valence-corrected chi connectivity index (χ0v) is 9.41. The van der Waals surface area contributed by atoms with Gasteiger partial charge < -0.3 is 20.3 Å². The van der Waals surface area contributed by atoms with Crippen LogP contribution in [0, 0.1) is 0 Å². The van der Waals surface area contributed by atoms with E-state index in [0.717, 1.165) is 0 Å². The van der Waals surface area contributed by atoms with E-state index < -0.39 is 6.04 Å². The predicted molar refractivity (Wildman–Crippen MR) is 58.6 cm³/mol. The van der Waals surface area contributed by atoms with Gasteiger partial charge in [0, 0.05) is 16.7 Å². The van der Waals surface area contributed by atoms with Gasteiger partial charge in [-0.15, -0.1) is 0 Å². The Labute approximate surface area is 93.6 Å². The minimum absolute atomic E-state index is 0.181. The van der Waals surface area contributed by atoms with Crippen LogP contribution in [0.2, 0.25) is 5.02 Å². The average Bonchev–Trinajstić information content (AvgIpc) is 2.26. The van der Waals surface area contributed by atoms with Crippen LogP contribution in [-0.4, -0.2) is 25.9 Å². The van der Waals surface area contributed by atoms with Crippen molar-refractivity contribution < 1.29 is 14.6 Å². The molecular weight excluding hydrogens is 218 g/mol. The van der Waals surface area contributed by atoms with Crippen LogP contribution >= 0.6 is 11.6 Å². The second-order valence-corrected chi connectivity index (χ2v) is 3.46. The third-order valence-corrected chi connectivity index (χ3v) is 2.29. The molecule has 0 aliphatic heterocycles. The van der Waals surface area contributed by atoms with Gasteiger partial charge in [0.2, 0.25) is 0 Å². The van der Waals surface area contributed by atoms with Crippen LogP contribution in [0.15, 0.2) is 12.1 Å². The summed E-state index contributed by atoms with van der Waals surface area (Å²) in [7, 11) is 3.03. The molecule has 4 nitrogen and oxygen atoms in total. The number of hydrogen-bond acceptors (Lipinski definition) is 4. The molecule has 1 aromatic carbocycles. The van der Waals surface area contributed by atoms with Gasteiger partial charge in [-0.25, -0.2) is 0 Å². The minimum Gasteiger partial charge on any atom is -0.493 e. The van der Waals surface area contributed by atoms with E-state index in [4.69, 9.17) is 31.9 Å². The highest BCUT2D eigenvalue weighted by Crippen LogP contribution is 2.36. The van der Waals surface area contributed by atoms with Gasteiger partial charge in [-0.2, -0.15) is 0 Å². The highest BCUT2D eigenvalue weighted by molar-refractivity contribution is 6.30. The van der Waals surface area contributed by atoms with Crippen LogP contribution in [-0.2, 0) is 0 Å². The van der Waals surface area contributed by atoms with Crippen molar-refractivity contribution in [3.63, 3.8) is 0 Å². The molecule has 0 aliphatic carbocycles. The molecule has 15 heavy (non-hydrogen) atoms. The average molecular weight is 232 g/mol. The van der Waals surface area contributed by atoms with Crippen LogP contribution in [0.25, 0.3) is 0 Å². The lowest BCUT2D eigenvalue weighted by atomic mass is 10.1. The third-order valence-electron chi connectivity index (χ3n) is 2.07. The Bertz CT molecular complexity index is 344. The zero-order valence-electron chi connectivity index (χ0n) is 8.66. The summed E-state index contributed by atoms with van der Waals surface area (Å²) >= 11 is 5.89. The van der Waals surface area contributed by atoms with Gasteiger partial charge in [-0.1, -0.05) is 11.6 Å². The Kier molecular flexibility index (Phi) is 4.20. The Hall–Kier alpha value is -0.970. The number of halogens is 1. The monoisotopic (exact) mass is 231 g/mol. The van der Waals surface area contributed by atoms with E-state index in [1.807, 2.05) is 0 Å². The van der Waals surface area contributed by atoms with Crippen molar-refractivity contribution in [1.29, 1.82) is 0 Å². The van der Waals surface area contributed by atoms with Gasteiger partial charge in [-0.05, 0) is 6.07 Å². The van der Waals surface area contributed by atoms with Gasteiger partial charge in [-0.3, -0.25) is 0 Å². The maximum absolute atomic E-state index is 9.00. The smallest absolute Gasteiger partial charge is 0.165 e. The Morgan fingerprint density at radius 2 is 2.07 bits per heavy atom. The Morgan fingerprint density at radius 3 is 2.53 bits per heavy atom. The maximum atomic E-state index is 9.00. The lowest BCUT2D eigenvalue weighted by molar-refractivity contribution is 0.263. The molecule has 84 valence electrons. The van der Waals surface area contributed by atoms with E-state index in [1.54, 1.807) is 12.1 Å². The first-order chi connectivity index (χ1) is 7.13. The van der Waals surface area contributed by atoms with E-state index >= 15 is 0 Å². The number of methoxy groups -OCH3 is 2. The van der Waals surface area contributed by atoms with Crippen molar-refractivity contribution in [2.24, 2.45) is 5.73 Å². The van der Waals surface area contributed by atoms with E-state index in [1.165, 1.54) is 14.2 Å². The molecule has 1 rings (SSSR count). The highest BCUT2D eigenvalue weighted by Gasteiger charge is 2.16. The van der Waals surface area contributed by atoms with Crippen molar-refractivity contribution in [2.45, 2.75) is 6.04 Å². The van der Waals surface area contributed by atoms with E-state index in [2.05, 4.69) is 0 Å². The van der Waals surface area contributed by atoms with Crippen molar-refractivity contribution in [1.82, 2.24) is 0 Å². The van der Waals surface area contributed by atoms with Crippen molar-refractivity contribution in [2.75, 3.05) is 20.8 Å². The number of nitrogens with two attached hydrogens (primary N) is 1. The summed E-state index contributed by atoms with van der Waals surface area (Å²) < 4.78 is 10.3. The molecule has 0 aromatic heterocycles. The molecule has 1 unspecified atom stereocenters. The molecule has 5 heteroatoms. The molecule has 0 heterocycles. The standard InChI is InChI=1S/C10H14ClNO3/c1-14-9-4-6(11)3-7(8(12)5-13)10(9)15-2/h3-4,8,13H,5,12H2,1-2H3. The molecular formula is C10H14ClNO3. The molecule has 0 amide bonds. The van der Waals surface area contributed by atoms with E-state index in [9.17, 15) is 0 Å². The minimum atomic E-state index is -0.535. The van der Waals surface area contributed by atoms with E-state index in [0.29, 0.717) is 22.1 Å². The van der Waals surface area contributed by atoms with Gasteiger partial charge in [0.15, 0.2) is 11.5 Å². The summed E-state index contributed by atoms with van der Waals surface area (Å²) in [6, 6.07) is 2.75. The first-order valence-electron chi connectivity index (χ1n) is 4.41. The van der Waals surface area contributed by atoms with Gasteiger partial charge in [0.05, 0.1) is 26.9 Å². The molecule has 1 aromatic rings. The third kappa shape index (κ3) is 2.53. The highest BCUT2D eigenvalue weighted by atomic mass is 35.5. The van der Waals surface area contributed by atoms with Gasteiger partial charge >= 0.3 is 0 Å². The van der Waals surface area contributed by atoms with Crippen LogP contribution < -0.4 is 15.2 Å². The van der Waals surface area contributed by atoms with Crippen LogP contribution in [0.4, 0.5) is 0 Å². The summed E-state index contributed by atoms with van der Waals surface area (Å²) in [6.45, 7) is -0.181. The van der Waals surface area contributed by atoms with Crippen molar-refractivity contribution in [3.05, 3.63) is 22.7 Å². The molecule has 0 radical (unpaired) electrons. The Balaban J connectivity index is 3.28. The SMILES string of the molecule is COc1cc(Cl)cc(C(N)CO)c1OC. The largest absolute Gasteiger partial charge is 0.493 e. The maximum Gasteiger partial charge on any atom is 0.165 e. The molecule has 0 spiro atoms. The fourth-order valence-corrected chi connectivity index (χ4v) is 1.55. The molecule has 0 saturated heterocycles. The second kappa shape index (κ2) is 5.21. The summed E-state index contributed by atoms with van der Waals surface area (Å²) in [5, 5.41) is 9.49. The lowest BCUT2D eigenvalue weighted by Crippen LogP contribution is -2.15. The fraction of sp³-hybridized carbons (Fsp3) is 0.400. The number of ether oxygens (including phenoxy) is 2. The van der Waals surface area contributed by atoms with Crippen molar-refractivity contribution in [3.8, 4) is 11.5 Å². The van der Waals surface area contributed by atoms with Gasteiger partial charge in [0.1, 0.15) is 0 Å². The van der Waals surface area contributed by atoms with E-state index in [-0.39, 0.29) is 6.61 Å². The summed E-state index contributed by atoms with van der Waals surface area (Å²) in [5.74, 6) is 1.01.